The van der Waals surface area contributed by atoms with Crippen LogP contribution in [0.5, 0.6) is 0 Å². The molecule has 65 heavy (non-hydrogen) atoms. The number of aliphatic hydroxyl groups is 1. The molecule has 0 unspecified atom stereocenters. The van der Waals surface area contributed by atoms with Crippen LogP contribution in [-0.2, 0) is 61.6 Å². The lowest BCUT2D eigenvalue weighted by Crippen LogP contribution is -2.05. The molecule has 14 heteroatoms. The molecule has 0 bridgehead atoms. The summed E-state index contributed by atoms with van der Waals surface area (Å²) >= 11 is 0. The topological polar surface area (TPSA) is 148 Å². The van der Waals surface area contributed by atoms with Crippen molar-refractivity contribution < 1.29 is 66.7 Å². The number of aliphatic hydroxyl groups excluding tert-OH is 1. The summed E-state index contributed by atoms with van der Waals surface area (Å²) in [5.41, 5.74) is 0. The number of carbonyl (C=O) groups excluding carboxylic acids is 1. The number of hydrogen-bond donors (Lipinski definition) is 1. The highest BCUT2D eigenvalue weighted by Crippen LogP contribution is 2.03. The first kappa shape index (κ1) is 63.7. The highest BCUT2D eigenvalue weighted by molar-refractivity contribution is 5.81. The van der Waals surface area contributed by atoms with Crippen LogP contribution in [0.4, 0.5) is 0 Å². The van der Waals surface area contributed by atoms with Gasteiger partial charge in [0.15, 0.2) is 0 Å². The minimum Gasteiger partial charge on any atom is -0.463 e. The molecule has 1 N–H and O–H groups in total. The van der Waals surface area contributed by atoms with Crippen molar-refractivity contribution >= 4 is 5.97 Å². The van der Waals surface area contributed by atoms with Gasteiger partial charge in [-0.1, -0.05) is 6.58 Å². The van der Waals surface area contributed by atoms with E-state index >= 15 is 0 Å². The molecule has 0 aliphatic rings. The quantitative estimate of drug-likeness (QED) is 0.0351. The summed E-state index contributed by atoms with van der Waals surface area (Å²) in [6.45, 7) is 21.3. The molecule has 0 aliphatic carbocycles. The molecule has 0 spiro atoms. The van der Waals surface area contributed by atoms with Crippen molar-refractivity contribution in [1.29, 1.82) is 0 Å². The number of ether oxygens (including phenoxy) is 12. The number of unbranched alkanes of at least 4 members (excludes halogenated alkanes) is 12. The summed E-state index contributed by atoms with van der Waals surface area (Å²) in [6.07, 6.45) is 25.3. The Morgan fingerprint density at radius 2 is 0.400 bits per heavy atom. The second-order valence-electron chi connectivity index (χ2n) is 16.3. The molecule has 0 radical (unpaired) electrons. The van der Waals surface area contributed by atoms with Crippen molar-refractivity contribution in [2.24, 2.45) is 0 Å². The molecule has 0 fully saturated rings. The van der Waals surface area contributed by atoms with Crippen molar-refractivity contribution in [1.82, 2.24) is 0 Å². The summed E-state index contributed by atoms with van der Waals surface area (Å²) in [5.74, 6) is -0.370. The summed E-state index contributed by atoms with van der Waals surface area (Å²) in [6, 6.07) is 0. The van der Waals surface area contributed by atoms with Gasteiger partial charge >= 0.3 is 5.97 Å². The Morgan fingerprint density at radius 3 is 0.538 bits per heavy atom. The molecule has 0 atom stereocenters. The summed E-state index contributed by atoms with van der Waals surface area (Å²) in [7, 11) is 0. The first-order valence-electron chi connectivity index (χ1n) is 26.1. The molecule has 388 valence electrons. The highest BCUT2D eigenvalue weighted by Gasteiger charge is 2.00. The van der Waals surface area contributed by atoms with E-state index < -0.39 is 0 Å². The summed E-state index contributed by atoms with van der Waals surface area (Å²) in [4.78, 5) is 10.9. The van der Waals surface area contributed by atoms with Crippen LogP contribution in [0.15, 0.2) is 12.7 Å². The van der Waals surface area contributed by atoms with Gasteiger partial charge in [0.05, 0.1) is 6.61 Å². The zero-order chi connectivity index (χ0) is 46.7. The normalized spacial score (nSPS) is 11.5. The molecule has 0 saturated heterocycles. The molecular weight excluding hydrogens is 837 g/mol. The van der Waals surface area contributed by atoms with Gasteiger partial charge in [-0.2, -0.15) is 0 Å². The first-order valence-corrected chi connectivity index (χ1v) is 26.1. The van der Waals surface area contributed by atoms with Crippen molar-refractivity contribution in [3.05, 3.63) is 12.7 Å². The third-order valence-corrected chi connectivity index (χ3v) is 10.1. The zero-order valence-corrected chi connectivity index (χ0v) is 41.5. The minimum absolute atomic E-state index is 0.248. The Hall–Kier alpha value is -1.27. The van der Waals surface area contributed by atoms with Crippen LogP contribution in [0.1, 0.15) is 154 Å². The highest BCUT2D eigenvalue weighted by atomic mass is 16.5. The first-order chi connectivity index (χ1) is 32.3. The van der Waals surface area contributed by atoms with Crippen LogP contribution < -0.4 is 0 Å². The number of rotatable bonds is 60. The molecule has 0 heterocycles. The van der Waals surface area contributed by atoms with Gasteiger partial charge in [-0.15, -0.1) is 0 Å². The van der Waals surface area contributed by atoms with E-state index in [0.29, 0.717) is 13.2 Å². The summed E-state index contributed by atoms with van der Waals surface area (Å²) < 4.78 is 67.7. The van der Waals surface area contributed by atoms with Gasteiger partial charge in [0.25, 0.3) is 0 Å². The van der Waals surface area contributed by atoms with Crippen LogP contribution in [0, 0.1) is 0 Å². The average molecular weight is 937 g/mol. The van der Waals surface area contributed by atoms with E-state index in [1.807, 2.05) is 0 Å². The Bertz CT molecular complexity index is 886. The second kappa shape index (κ2) is 60.7. The fourth-order valence-electron chi connectivity index (χ4n) is 6.06. The van der Waals surface area contributed by atoms with Crippen molar-refractivity contribution in [3.8, 4) is 0 Å². The smallest absolute Gasteiger partial charge is 0.330 e. The molecule has 0 rings (SSSR count). The maximum Gasteiger partial charge on any atom is 0.330 e. The Morgan fingerprint density at radius 1 is 0.262 bits per heavy atom. The monoisotopic (exact) mass is 937 g/mol. The Kier molecular flexibility index (Phi) is 59.6. The molecule has 0 aromatic rings. The maximum atomic E-state index is 10.9. The lowest BCUT2D eigenvalue weighted by atomic mass is 10.3. The second-order valence-corrected chi connectivity index (χ2v) is 16.3. The van der Waals surface area contributed by atoms with Gasteiger partial charge in [0, 0.05) is 158 Å². The van der Waals surface area contributed by atoms with Crippen molar-refractivity contribution in [3.63, 3.8) is 0 Å². The van der Waals surface area contributed by atoms with Crippen LogP contribution in [0.2, 0.25) is 0 Å². The number of hydrogen-bond acceptors (Lipinski definition) is 14. The van der Waals surface area contributed by atoms with Gasteiger partial charge < -0.3 is 61.9 Å². The van der Waals surface area contributed by atoms with Gasteiger partial charge in [-0.05, 0) is 154 Å². The third kappa shape index (κ3) is 60.7. The molecule has 14 nitrogen and oxygen atoms in total. The Labute approximate surface area is 397 Å². The van der Waals surface area contributed by atoms with Crippen LogP contribution in [0.3, 0.4) is 0 Å². The standard InChI is InChI=1S/C51H100O14/c1-2-51(53)65-50-26-25-49-64-48-24-23-47-63-46-22-21-45-62-44-20-19-43-61-42-18-17-41-60-40-16-15-39-59-38-14-13-37-58-36-12-11-35-57-34-10-9-33-56-32-8-7-31-55-30-6-5-29-54-28-4-3-27-52/h2,52H,1,3-50H2. The van der Waals surface area contributed by atoms with E-state index in [1.54, 1.807) is 0 Å². The zero-order valence-electron chi connectivity index (χ0n) is 41.5. The van der Waals surface area contributed by atoms with E-state index in [-0.39, 0.29) is 12.6 Å². The minimum atomic E-state index is -0.370. The van der Waals surface area contributed by atoms with E-state index in [0.717, 1.165) is 293 Å². The summed E-state index contributed by atoms with van der Waals surface area (Å²) in [5, 5.41) is 8.74. The molecule has 0 amide bonds. The number of esters is 1. The van der Waals surface area contributed by atoms with E-state index in [9.17, 15) is 4.79 Å². The van der Waals surface area contributed by atoms with Crippen LogP contribution in [-0.4, -0.2) is 170 Å². The SMILES string of the molecule is C=CC(=O)OCCCCOCCCCOCCCCOCCCCOCCCCOCCCCOCCCCOCCCCOCCCCOCCCCOCCCCOCCCCO. The van der Waals surface area contributed by atoms with Crippen LogP contribution in [0.25, 0.3) is 0 Å². The van der Waals surface area contributed by atoms with Gasteiger partial charge in [-0.3, -0.25) is 0 Å². The number of carbonyl (C=O) groups is 1. The van der Waals surface area contributed by atoms with E-state index in [2.05, 4.69) is 6.58 Å². The van der Waals surface area contributed by atoms with Gasteiger partial charge in [0.2, 0.25) is 0 Å². The largest absolute Gasteiger partial charge is 0.463 e. The lowest BCUT2D eigenvalue weighted by molar-refractivity contribution is -0.137. The molecule has 0 saturated carbocycles. The maximum absolute atomic E-state index is 10.9. The fraction of sp³-hybridized carbons (Fsp3) is 0.941. The predicted molar refractivity (Wildman–Crippen MR) is 258 cm³/mol. The Balaban J connectivity index is 3.07. The average Bonchev–Trinajstić information content (AvgIpc) is 3.32. The van der Waals surface area contributed by atoms with Gasteiger partial charge in [-0.25, -0.2) is 4.79 Å². The van der Waals surface area contributed by atoms with Crippen molar-refractivity contribution in [2.75, 3.05) is 159 Å². The lowest BCUT2D eigenvalue weighted by Gasteiger charge is -2.08. The third-order valence-electron chi connectivity index (χ3n) is 10.1. The van der Waals surface area contributed by atoms with Crippen LogP contribution >= 0.6 is 0 Å². The van der Waals surface area contributed by atoms with E-state index in [4.69, 9.17) is 61.9 Å². The molecule has 0 aromatic heterocycles. The fourth-order valence-corrected chi connectivity index (χ4v) is 6.06. The molecule has 0 aromatic carbocycles. The molecule has 0 aliphatic heterocycles. The van der Waals surface area contributed by atoms with Gasteiger partial charge in [0.1, 0.15) is 0 Å². The molecular formula is C51H100O14. The predicted octanol–water partition coefficient (Wildman–Crippen LogP) is 9.25. The van der Waals surface area contributed by atoms with E-state index in [1.165, 1.54) is 6.08 Å². The van der Waals surface area contributed by atoms with Crippen molar-refractivity contribution in [2.45, 2.75) is 154 Å².